The zero-order chi connectivity index (χ0) is 22.6. The van der Waals surface area contributed by atoms with Crippen molar-refractivity contribution >= 4 is 11.9 Å². The molecular formula is C21H29F5O4. The zero-order valence-electron chi connectivity index (χ0n) is 17.5. The van der Waals surface area contributed by atoms with E-state index >= 15 is 0 Å². The Morgan fingerprint density at radius 2 is 1.57 bits per heavy atom. The van der Waals surface area contributed by atoms with Crippen LogP contribution in [0.3, 0.4) is 0 Å². The summed E-state index contributed by atoms with van der Waals surface area (Å²) in [6.07, 6.45) is -3.25. The van der Waals surface area contributed by atoms with E-state index < -0.39 is 47.5 Å². The van der Waals surface area contributed by atoms with Gasteiger partial charge in [-0.25, -0.2) is 0 Å². The molecule has 0 aromatic heterocycles. The van der Waals surface area contributed by atoms with Gasteiger partial charge in [-0.1, -0.05) is 6.92 Å². The molecule has 2 unspecified atom stereocenters. The second-order valence-corrected chi connectivity index (χ2v) is 10.1. The van der Waals surface area contributed by atoms with Crippen LogP contribution < -0.4 is 0 Å². The van der Waals surface area contributed by atoms with Gasteiger partial charge in [0.15, 0.2) is 0 Å². The van der Waals surface area contributed by atoms with Crippen molar-refractivity contribution in [2.24, 2.45) is 22.7 Å². The molecule has 172 valence electrons. The molecule has 4 saturated carbocycles. The molecule has 4 nitrogen and oxygen atoms in total. The predicted octanol–water partition coefficient (Wildman–Crippen LogP) is 5.44. The molecule has 0 aliphatic heterocycles. The van der Waals surface area contributed by atoms with Gasteiger partial charge in [0.25, 0.3) is 0 Å². The van der Waals surface area contributed by atoms with Crippen LogP contribution in [0.2, 0.25) is 0 Å². The number of ether oxygens (including phenoxy) is 2. The minimum Gasteiger partial charge on any atom is -0.465 e. The smallest absolute Gasteiger partial charge is 0.453 e. The summed E-state index contributed by atoms with van der Waals surface area (Å²) in [5.41, 5.74) is -2.43. The number of carbonyl (C=O) groups is 2. The van der Waals surface area contributed by atoms with E-state index in [4.69, 9.17) is 9.47 Å². The molecule has 4 fully saturated rings. The Morgan fingerprint density at radius 3 is 2.07 bits per heavy atom. The summed E-state index contributed by atoms with van der Waals surface area (Å²) in [7, 11) is 0. The van der Waals surface area contributed by atoms with Crippen LogP contribution in [-0.2, 0) is 19.1 Å². The lowest BCUT2D eigenvalue weighted by Gasteiger charge is -2.60. The molecule has 4 aliphatic carbocycles. The number of alkyl halides is 5. The molecule has 0 radical (unpaired) electrons. The highest BCUT2D eigenvalue weighted by Crippen LogP contribution is 2.63. The average Bonchev–Trinajstić information content (AvgIpc) is 2.58. The van der Waals surface area contributed by atoms with Gasteiger partial charge in [0.1, 0.15) is 5.60 Å². The molecule has 4 rings (SSSR count). The van der Waals surface area contributed by atoms with E-state index in [9.17, 15) is 31.5 Å². The Bertz CT molecular complexity index is 686. The zero-order valence-corrected chi connectivity index (χ0v) is 17.5. The van der Waals surface area contributed by atoms with Gasteiger partial charge >= 0.3 is 24.0 Å². The summed E-state index contributed by atoms with van der Waals surface area (Å²) in [6, 6.07) is 0. The largest absolute Gasteiger partial charge is 0.465 e. The summed E-state index contributed by atoms with van der Waals surface area (Å²) in [6.45, 7) is 4.47. The highest BCUT2D eigenvalue weighted by molar-refractivity contribution is 5.79. The quantitative estimate of drug-likeness (QED) is 0.391. The van der Waals surface area contributed by atoms with Gasteiger partial charge in [-0.3, -0.25) is 9.59 Å². The first-order valence-electron chi connectivity index (χ1n) is 10.5. The van der Waals surface area contributed by atoms with Gasteiger partial charge < -0.3 is 9.47 Å². The third-order valence-electron chi connectivity index (χ3n) is 7.25. The van der Waals surface area contributed by atoms with Crippen molar-refractivity contribution in [1.82, 2.24) is 0 Å². The highest BCUT2D eigenvalue weighted by atomic mass is 19.4. The number of carbonyl (C=O) groups excluding carboxylic acids is 2. The van der Waals surface area contributed by atoms with Crippen LogP contribution in [0.25, 0.3) is 0 Å². The number of halogens is 5. The SMILES string of the molecule is CCC(C)(C)C(=O)OC12CC3CC(C1)CC(C(=O)OCCC(F)(F)C(F)(F)F)(C3)C2. The first kappa shape index (κ1) is 23.3. The Morgan fingerprint density at radius 1 is 1.00 bits per heavy atom. The molecule has 9 heteroatoms. The average molecular weight is 440 g/mol. The van der Waals surface area contributed by atoms with Gasteiger partial charge in [0, 0.05) is 6.42 Å². The summed E-state index contributed by atoms with van der Waals surface area (Å²) in [5.74, 6) is -5.69. The molecule has 4 aliphatic rings. The van der Waals surface area contributed by atoms with Gasteiger partial charge in [0.05, 0.1) is 23.9 Å². The lowest BCUT2D eigenvalue weighted by atomic mass is 9.48. The standard InChI is InChI=1S/C21H29F5O4/c1-4-17(2,3)15(27)30-19-10-13-7-14(11-19)9-18(8-13,12-19)16(28)29-6-5-20(22,23)21(24,25)26/h13-14H,4-12H2,1-3H3. The van der Waals surface area contributed by atoms with Crippen molar-refractivity contribution in [3.05, 3.63) is 0 Å². The van der Waals surface area contributed by atoms with Crippen LogP contribution in [0.1, 0.15) is 72.1 Å². The van der Waals surface area contributed by atoms with Crippen LogP contribution in [0, 0.1) is 22.7 Å². The van der Waals surface area contributed by atoms with Crippen LogP contribution in [0.15, 0.2) is 0 Å². The lowest BCUT2D eigenvalue weighted by molar-refractivity contribution is -0.287. The van der Waals surface area contributed by atoms with Crippen molar-refractivity contribution in [2.45, 2.75) is 89.8 Å². The molecule has 0 aromatic rings. The molecule has 0 spiro atoms. The molecule has 0 heterocycles. The summed E-state index contributed by atoms with van der Waals surface area (Å²) >= 11 is 0. The van der Waals surface area contributed by atoms with Crippen LogP contribution in [-0.4, -0.2) is 36.2 Å². The monoisotopic (exact) mass is 440 g/mol. The van der Waals surface area contributed by atoms with Gasteiger partial charge in [-0.15, -0.1) is 0 Å². The Balaban J connectivity index is 1.70. The van der Waals surface area contributed by atoms with Crippen molar-refractivity contribution in [3.63, 3.8) is 0 Å². The molecule has 0 aromatic carbocycles. The fraction of sp³-hybridized carbons (Fsp3) is 0.905. The minimum atomic E-state index is -5.68. The third-order valence-corrected chi connectivity index (χ3v) is 7.25. The number of esters is 2. The third kappa shape index (κ3) is 4.17. The molecule has 0 saturated heterocycles. The second-order valence-electron chi connectivity index (χ2n) is 10.1. The van der Waals surface area contributed by atoms with E-state index in [1.54, 1.807) is 13.8 Å². The van der Waals surface area contributed by atoms with Gasteiger partial charge in [-0.2, -0.15) is 22.0 Å². The van der Waals surface area contributed by atoms with Crippen molar-refractivity contribution in [2.75, 3.05) is 6.61 Å². The van der Waals surface area contributed by atoms with E-state index in [1.807, 2.05) is 6.92 Å². The van der Waals surface area contributed by atoms with E-state index in [1.165, 1.54) is 0 Å². The van der Waals surface area contributed by atoms with Crippen molar-refractivity contribution in [3.8, 4) is 0 Å². The minimum absolute atomic E-state index is 0.146. The predicted molar refractivity (Wildman–Crippen MR) is 96.6 cm³/mol. The van der Waals surface area contributed by atoms with E-state index in [2.05, 4.69) is 0 Å². The van der Waals surface area contributed by atoms with Gasteiger partial charge in [0.2, 0.25) is 0 Å². The number of rotatable bonds is 7. The molecular weight excluding hydrogens is 411 g/mol. The maximum atomic E-state index is 13.1. The van der Waals surface area contributed by atoms with Crippen LogP contribution in [0.5, 0.6) is 0 Å². The molecule has 4 bridgehead atoms. The maximum absolute atomic E-state index is 13.1. The summed E-state index contributed by atoms with van der Waals surface area (Å²) in [4.78, 5) is 25.5. The highest BCUT2D eigenvalue weighted by Gasteiger charge is 2.63. The Kier molecular flexibility index (Phi) is 5.68. The topological polar surface area (TPSA) is 52.6 Å². The van der Waals surface area contributed by atoms with Crippen LogP contribution >= 0.6 is 0 Å². The van der Waals surface area contributed by atoms with Gasteiger partial charge in [-0.05, 0) is 64.2 Å². The molecule has 30 heavy (non-hydrogen) atoms. The summed E-state index contributed by atoms with van der Waals surface area (Å²) < 4.78 is 74.1. The van der Waals surface area contributed by atoms with Crippen molar-refractivity contribution in [1.29, 1.82) is 0 Å². The maximum Gasteiger partial charge on any atom is 0.453 e. The van der Waals surface area contributed by atoms with Crippen LogP contribution in [0.4, 0.5) is 22.0 Å². The summed E-state index contributed by atoms with van der Waals surface area (Å²) in [5, 5.41) is 0. The Labute approximate surface area is 172 Å². The first-order chi connectivity index (χ1) is 13.6. The second kappa shape index (κ2) is 7.33. The van der Waals surface area contributed by atoms with E-state index in [-0.39, 0.29) is 24.2 Å². The van der Waals surface area contributed by atoms with E-state index in [0.717, 1.165) is 6.42 Å². The number of hydrogen-bond donors (Lipinski definition) is 0. The van der Waals surface area contributed by atoms with Crippen molar-refractivity contribution < 1.29 is 41.0 Å². The molecule has 2 atom stereocenters. The first-order valence-corrected chi connectivity index (χ1v) is 10.5. The van der Waals surface area contributed by atoms with E-state index in [0.29, 0.717) is 32.1 Å². The normalized spacial score (nSPS) is 33.5. The fourth-order valence-electron chi connectivity index (χ4n) is 5.58. The lowest BCUT2D eigenvalue weighted by Crippen LogP contribution is -2.60. The number of hydrogen-bond acceptors (Lipinski definition) is 4. The Hall–Kier alpha value is -1.41. The molecule has 0 N–H and O–H groups in total. The fourth-order valence-corrected chi connectivity index (χ4v) is 5.58. The molecule has 0 amide bonds.